The van der Waals surface area contributed by atoms with Gasteiger partial charge >= 0.3 is 5.97 Å². The summed E-state index contributed by atoms with van der Waals surface area (Å²) in [5.41, 5.74) is 0.579. The molecule has 0 saturated heterocycles. The lowest BCUT2D eigenvalue weighted by molar-refractivity contribution is -0.384. The summed E-state index contributed by atoms with van der Waals surface area (Å²) in [6.45, 7) is 1.96. The van der Waals surface area contributed by atoms with Crippen LogP contribution >= 0.6 is 15.9 Å². The minimum Gasteiger partial charge on any atom is -0.466 e. The minimum absolute atomic E-state index is 0.0888. The summed E-state index contributed by atoms with van der Waals surface area (Å²) >= 11 is 3.17. The molecule has 0 atom stereocenters. The van der Waals surface area contributed by atoms with Gasteiger partial charge in [-0.15, -0.1) is 0 Å². The molecule has 0 fully saturated rings. The summed E-state index contributed by atoms with van der Waals surface area (Å²) in [5, 5.41) is 15.0. The van der Waals surface area contributed by atoms with Gasteiger partial charge < -0.3 is 9.26 Å². The van der Waals surface area contributed by atoms with Crippen molar-refractivity contribution in [2.45, 2.75) is 13.3 Å². The fourth-order valence-electron chi connectivity index (χ4n) is 1.62. The Bertz CT molecular complexity index is 652. The number of carbonyl (C=O) groups is 1. The van der Waals surface area contributed by atoms with Crippen LogP contribution in [0.4, 0.5) is 5.69 Å². The molecule has 0 radical (unpaired) electrons. The number of nitro groups is 1. The first-order chi connectivity index (χ1) is 9.02. The lowest BCUT2D eigenvalue weighted by atomic mass is 10.1. The maximum atomic E-state index is 11.4. The van der Waals surface area contributed by atoms with Gasteiger partial charge in [0.15, 0.2) is 5.58 Å². The molecule has 100 valence electrons. The Morgan fingerprint density at radius 3 is 2.95 bits per heavy atom. The molecule has 0 N–H and O–H groups in total. The van der Waals surface area contributed by atoms with Gasteiger partial charge in [-0.3, -0.25) is 14.9 Å². The molecule has 0 unspecified atom stereocenters. The topological polar surface area (TPSA) is 95.5 Å². The number of halogens is 1. The Kier molecular flexibility index (Phi) is 3.79. The van der Waals surface area contributed by atoms with Gasteiger partial charge in [0.05, 0.1) is 27.8 Å². The van der Waals surface area contributed by atoms with E-state index in [1.165, 1.54) is 12.1 Å². The maximum absolute atomic E-state index is 11.4. The molecule has 0 aliphatic carbocycles. The van der Waals surface area contributed by atoms with E-state index in [1.807, 2.05) is 0 Å². The number of hydrogen-bond donors (Lipinski definition) is 0. The second-order valence-corrected chi connectivity index (χ2v) is 4.53. The predicted molar refractivity (Wildman–Crippen MR) is 68.7 cm³/mol. The highest BCUT2D eigenvalue weighted by molar-refractivity contribution is 9.10. The van der Waals surface area contributed by atoms with Crippen LogP contribution in [0.25, 0.3) is 11.0 Å². The largest absolute Gasteiger partial charge is 0.466 e. The molecule has 0 spiro atoms. The molecule has 1 aromatic heterocycles. The molecule has 2 aromatic rings. The van der Waals surface area contributed by atoms with Crippen LogP contribution in [0.15, 0.2) is 21.1 Å². The number of non-ortho nitro benzene ring substituents is 1. The maximum Gasteiger partial charge on any atom is 0.312 e. The van der Waals surface area contributed by atoms with Gasteiger partial charge in [-0.1, -0.05) is 5.16 Å². The van der Waals surface area contributed by atoms with Crippen LogP contribution in [0.5, 0.6) is 0 Å². The fourth-order valence-corrected chi connectivity index (χ4v) is 2.14. The highest BCUT2D eigenvalue weighted by Crippen LogP contribution is 2.31. The van der Waals surface area contributed by atoms with Crippen molar-refractivity contribution in [3.05, 3.63) is 32.4 Å². The number of nitrogens with zero attached hydrogens (tertiary/aromatic N) is 2. The Morgan fingerprint density at radius 1 is 1.58 bits per heavy atom. The van der Waals surface area contributed by atoms with Gasteiger partial charge in [0.2, 0.25) is 0 Å². The molecule has 0 aliphatic heterocycles. The molecule has 0 amide bonds. The van der Waals surface area contributed by atoms with Gasteiger partial charge in [-0.2, -0.15) is 0 Å². The van der Waals surface area contributed by atoms with Crippen LogP contribution < -0.4 is 0 Å². The van der Waals surface area contributed by atoms with E-state index in [0.717, 1.165) is 0 Å². The number of esters is 1. The first-order valence-corrected chi connectivity index (χ1v) is 6.20. The van der Waals surface area contributed by atoms with Crippen molar-refractivity contribution in [3.63, 3.8) is 0 Å². The van der Waals surface area contributed by atoms with Crippen molar-refractivity contribution in [1.29, 1.82) is 0 Å². The summed E-state index contributed by atoms with van der Waals surface area (Å²) in [7, 11) is 0. The van der Waals surface area contributed by atoms with Crippen molar-refractivity contribution in [3.8, 4) is 0 Å². The molecular weight excluding hydrogens is 320 g/mol. The second-order valence-electron chi connectivity index (χ2n) is 3.67. The van der Waals surface area contributed by atoms with Crippen LogP contribution in [0.2, 0.25) is 0 Å². The van der Waals surface area contributed by atoms with E-state index in [0.29, 0.717) is 21.1 Å². The van der Waals surface area contributed by atoms with Crippen molar-refractivity contribution in [2.75, 3.05) is 6.61 Å². The van der Waals surface area contributed by atoms with Crippen molar-refractivity contribution >= 4 is 38.6 Å². The van der Waals surface area contributed by atoms with Crippen molar-refractivity contribution in [1.82, 2.24) is 5.16 Å². The van der Waals surface area contributed by atoms with Crippen LogP contribution in [-0.2, 0) is 16.0 Å². The molecule has 8 heteroatoms. The van der Waals surface area contributed by atoms with Crippen LogP contribution in [0, 0.1) is 10.1 Å². The lowest BCUT2D eigenvalue weighted by Crippen LogP contribution is -2.07. The molecule has 19 heavy (non-hydrogen) atoms. The number of fused-ring (bicyclic) bond motifs is 1. The zero-order valence-corrected chi connectivity index (χ0v) is 11.5. The van der Waals surface area contributed by atoms with Crippen LogP contribution in [-0.4, -0.2) is 22.7 Å². The first kappa shape index (κ1) is 13.5. The first-order valence-electron chi connectivity index (χ1n) is 5.40. The van der Waals surface area contributed by atoms with E-state index < -0.39 is 10.9 Å². The number of carbonyl (C=O) groups excluding carboxylic acids is 1. The zero-order valence-electron chi connectivity index (χ0n) is 9.88. The quantitative estimate of drug-likeness (QED) is 0.486. The highest BCUT2D eigenvalue weighted by Gasteiger charge is 2.19. The Hall–Kier alpha value is -1.96. The number of hydrogen-bond acceptors (Lipinski definition) is 6. The summed E-state index contributed by atoms with van der Waals surface area (Å²) in [5.74, 6) is -0.458. The molecule has 0 saturated carbocycles. The van der Waals surface area contributed by atoms with Gasteiger partial charge in [0.1, 0.15) is 5.69 Å². The SMILES string of the molecule is CCOC(=O)Cc1noc2c(Br)cc([N+](=O)[O-])cc12. The standard InChI is InChI=1S/C11H9BrN2O5/c1-2-18-10(15)5-9-7-3-6(14(16)17)4-8(12)11(7)19-13-9/h3-4H,2,5H2,1H3. The van der Waals surface area contributed by atoms with Gasteiger partial charge in [-0.25, -0.2) is 0 Å². The third kappa shape index (κ3) is 2.73. The lowest BCUT2D eigenvalue weighted by Gasteiger charge is -1.99. The average Bonchev–Trinajstić information content (AvgIpc) is 2.73. The number of nitro benzene ring substituents is 1. The van der Waals surface area contributed by atoms with Crippen LogP contribution in [0.3, 0.4) is 0 Å². The van der Waals surface area contributed by atoms with E-state index in [4.69, 9.17) is 9.26 Å². The number of aromatic nitrogens is 1. The molecule has 2 rings (SSSR count). The molecule has 1 heterocycles. The van der Waals surface area contributed by atoms with E-state index in [9.17, 15) is 14.9 Å². The third-order valence-corrected chi connectivity index (χ3v) is 3.00. The Labute approximate surface area is 115 Å². The normalized spacial score (nSPS) is 10.6. The molecule has 1 aromatic carbocycles. The smallest absolute Gasteiger partial charge is 0.312 e. The molecule has 0 bridgehead atoms. The summed E-state index contributed by atoms with van der Waals surface area (Å²) in [6, 6.07) is 2.65. The predicted octanol–water partition coefficient (Wildman–Crippen LogP) is 2.60. The van der Waals surface area contributed by atoms with E-state index in [-0.39, 0.29) is 18.7 Å². The minimum atomic E-state index is -0.522. The van der Waals surface area contributed by atoms with Crippen molar-refractivity contribution in [2.24, 2.45) is 0 Å². The molecule has 7 nitrogen and oxygen atoms in total. The van der Waals surface area contributed by atoms with Gasteiger partial charge in [0, 0.05) is 12.1 Å². The van der Waals surface area contributed by atoms with Gasteiger partial charge in [0.25, 0.3) is 5.69 Å². The monoisotopic (exact) mass is 328 g/mol. The average molecular weight is 329 g/mol. The van der Waals surface area contributed by atoms with Crippen molar-refractivity contribution < 1.29 is 19.0 Å². The highest BCUT2D eigenvalue weighted by atomic mass is 79.9. The van der Waals surface area contributed by atoms with E-state index in [2.05, 4.69) is 21.1 Å². The summed E-state index contributed by atoms with van der Waals surface area (Å²) < 4.78 is 10.3. The summed E-state index contributed by atoms with van der Waals surface area (Å²) in [4.78, 5) is 21.7. The third-order valence-electron chi connectivity index (χ3n) is 2.41. The van der Waals surface area contributed by atoms with E-state index in [1.54, 1.807) is 6.92 Å². The Balaban J connectivity index is 2.45. The van der Waals surface area contributed by atoms with E-state index >= 15 is 0 Å². The number of rotatable bonds is 4. The Morgan fingerprint density at radius 2 is 2.32 bits per heavy atom. The fraction of sp³-hybridized carbons (Fsp3) is 0.273. The summed E-state index contributed by atoms with van der Waals surface area (Å²) in [6.07, 6.45) is -0.0888. The number of ether oxygens (including phenoxy) is 1. The number of benzene rings is 1. The second kappa shape index (κ2) is 5.35. The van der Waals surface area contributed by atoms with Gasteiger partial charge in [-0.05, 0) is 22.9 Å². The molecular formula is C11H9BrN2O5. The zero-order chi connectivity index (χ0) is 14.0. The van der Waals surface area contributed by atoms with Crippen LogP contribution in [0.1, 0.15) is 12.6 Å². The molecule has 0 aliphatic rings.